The molecule has 1 aromatic heterocycles. The molecule has 0 bridgehead atoms. The van der Waals surface area contributed by atoms with E-state index >= 15 is 0 Å². The minimum Gasteiger partial charge on any atom is -0.307 e. The second kappa shape index (κ2) is 6.07. The fourth-order valence-electron chi connectivity index (χ4n) is 1.68. The Balaban J connectivity index is 1.90. The lowest BCUT2D eigenvalue weighted by atomic mass is 10.2. The van der Waals surface area contributed by atoms with E-state index in [0.29, 0.717) is 17.6 Å². The number of hydrogen-bond acceptors (Lipinski definition) is 2. The molecule has 2 rings (SSSR count). The zero-order valence-corrected chi connectivity index (χ0v) is 11.7. The Hall–Kier alpha value is -1.26. The molecule has 4 heteroatoms. The Morgan fingerprint density at radius 3 is 2.78 bits per heavy atom. The van der Waals surface area contributed by atoms with E-state index in [1.54, 1.807) is 6.07 Å². The zero-order valence-electron chi connectivity index (χ0n) is 10.1. The molecule has 2 aromatic rings. The number of nitrogens with zero attached hydrogens (tertiary/aromatic N) is 1. The van der Waals surface area contributed by atoms with Crippen molar-refractivity contribution in [2.75, 3.05) is 0 Å². The van der Waals surface area contributed by atoms with Crippen molar-refractivity contribution in [2.24, 2.45) is 0 Å². The molecule has 94 valence electrons. The van der Waals surface area contributed by atoms with Crippen LogP contribution in [0.25, 0.3) is 0 Å². The van der Waals surface area contributed by atoms with Gasteiger partial charge in [0.05, 0.1) is 10.2 Å². The lowest BCUT2D eigenvalue weighted by Gasteiger charge is -2.06. The zero-order chi connectivity index (χ0) is 13.0. The minimum atomic E-state index is -0.233. The highest BCUT2D eigenvalue weighted by Crippen LogP contribution is 2.16. The molecule has 0 aliphatic rings. The summed E-state index contributed by atoms with van der Waals surface area (Å²) in [4.78, 5) is 4.39. The van der Waals surface area contributed by atoms with Gasteiger partial charge in [-0.3, -0.25) is 4.98 Å². The largest absolute Gasteiger partial charge is 0.307 e. The highest BCUT2D eigenvalue weighted by Gasteiger charge is 2.01. The molecule has 0 saturated heterocycles. The van der Waals surface area contributed by atoms with Crippen molar-refractivity contribution in [3.8, 4) is 0 Å². The van der Waals surface area contributed by atoms with Gasteiger partial charge in [0, 0.05) is 18.8 Å². The van der Waals surface area contributed by atoms with Gasteiger partial charge in [-0.15, -0.1) is 0 Å². The maximum absolute atomic E-state index is 13.3. The second-order valence-corrected chi connectivity index (χ2v) is 4.98. The van der Waals surface area contributed by atoms with Gasteiger partial charge >= 0.3 is 0 Å². The van der Waals surface area contributed by atoms with Gasteiger partial charge < -0.3 is 5.32 Å². The van der Waals surface area contributed by atoms with Crippen LogP contribution < -0.4 is 5.32 Å². The second-order valence-electron chi connectivity index (χ2n) is 4.12. The molecule has 0 aliphatic heterocycles. The van der Waals surface area contributed by atoms with Gasteiger partial charge in [0.25, 0.3) is 0 Å². The van der Waals surface area contributed by atoms with Crippen LogP contribution in [0.5, 0.6) is 0 Å². The number of nitrogens with one attached hydrogen (secondary N) is 1. The number of hydrogen-bond donors (Lipinski definition) is 1. The van der Waals surface area contributed by atoms with E-state index in [1.807, 2.05) is 31.2 Å². The summed E-state index contributed by atoms with van der Waals surface area (Å²) in [5.41, 5.74) is 2.92. The quantitative estimate of drug-likeness (QED) is 0.934. The third-order valence-corrected chi connectivity index (χ3v) is 3.21. The number of aromatic nitrogens is 1. The average Bonchev–Trinajstić information content (AvgIpc) is 2.34. The predicted octanol–water partition coefficient (Wildman–Crippen LogP) is 3.58. The van der Waals surface area contributed by atoms with Crippen LogP contribution in [-0.4, -0.2) is 4.98 Å². The molecule has 0 saturated carbocycles. The monoisotopic (exact) mass is 308 g/mol. The molecule has 0 atom stereocenters. The maximum Gasteiger partial charge on any atom is 0.137 e. The smallest absolute Gasteiger partial charge is 0.137 e. The van der Waals surface area contributed by atoms with E-state index in [4.69, 9.17) is 0 Å². The van der Waals surface area contributed by atoms with Crippen LogP contribution in [-0.2, 0) is 13.1 Å². The van der Waals surface area contributed by atoms with Gasteiger partial charge in [0.2, 0.25) is 0 Å². The standard InChI is InChI=1S/C14H14BrFN2/c1-10-3-2-4-12(18-10)9-17-8-11-5-6-13(15)14(16)7-11/h2-7,17H,8-9H2,1H3. The summed E-state index contributed by atoms with van der Waals surface area (Å²) in [6.45, 7) is 3.27. The Morgan fingerprint density at radius 1 is 1.22 bits per heavy atom. The molecule has 0 spiro atoms. The van der Waals surface area contributed by atoms with Crippen molar-refractivity contribution < 1.29 is 4.39 Å². The number of rotatable bonds is 4. The van der Waals surface area contributed by atoms with E-state index in [1.165, 1.54) is 6.07 Å². The van der Waals surface area contributed by atoms with E-state index < -0.39 is 0 Å². The summed E-state index contributed by atoms with van der Waals surface area (Å²) in [6.07, 6.45) is 0. The summed E-state index contributed by atoms with van der Waals surface area (Å²) in [5.74, 6) is -0.233. The summed E-state index contributed by atoms with van der Waals surface area (Å²) in [7, 11) is 0. The summed E-state index contributed by atoms with van der Waals surface area (Å²) in [6, 6.07) is 11.1. The highest BCUT2D eigenvalue weighted by atomic mass is 79.9. The molecular formula is C14H14BrFN2. The Bertz CT molecular complexity index is 543. The van der Waals surface area contributed by atoms with Crippen LogP contribution in [0.15, 0.2) is 40.9 Å². The summed E-state index contributed by atoms with van der Waals surface area (Å²) < 4.78 is 13.8. The molecule has 1 N–H and O–H groups in total. The molecule has 0 fully saturated rings. The van der Waals surface area contributed by atoms with Crippen LogP contribution in [0.1, 0.15) is 17.0 Å². The molecule has 0 radical (unpaired) electrons. The molecule has 1 heterocycles. The third kappa shape index (κ3) is 3.62. The van der Waals surface area contributed by atoms with Gasteiger partial charge in [-0.1, -0.05) is 12.1 Å². The van der Waals surface area contributed by atoms with Gasteiger partial charge in [-0.25, -0.2) is 4.39 Å². The lowest BCUT2D eigenvalue weighted by Crippen LogP contribution is -2.14. The van der Waals surface area contributed by atoms with Crippen LogP contribution >= 0.6 is 15.9 Å². The predicted molar refractivity (Wildman–Crippen MR) is 73.6 cm³/mol. The van der Waals surface area contributed by atoms with Gasteiger partial charge in [0.1, 0.15) is 5.82 Å². The Kier molecular flexibility index (Phi) is 4.44. The van der Waals surface area contributed by atoms with E-state index in [2.05, 4.69) is 26.2 Å². The van der Waals surface area contributed by atoms with Gasteiger partial charge in [-0.2, -0.15) is 0 Å². The van der Waals surface area contributed by atoms with Crippen LogP contribution in [0.4, 0.5) is 4.39 Å². The van der Waals surface area contributed by atoms with Gasteiger partial charge in [0.15, 0.2) is 0 Å². The lowest BCUT2D eigenvalue weighted by molar-refractivity contribution is 0.613. The Labute approximate surface area is 114 Å². The number of aryl methyl sites for hydroxylation is 1. The summed E-state index contributed by atoms with van der Waals surface area (Å²) >= 11 is 3.14. The van der Waals surface area contributed by atoms with Gasteiger partial charge in [-0.05, 0) is 52.7 Å². The average molecular weight is 309 g/mol. The third-order valence-electron chi connectivity index (χ3n) is 2.57. The minimum absolute atomic E-state index is 0.233. The topological polar surface area (TPSA) is 24.9 Å². The first-order valence-electron chi connectivity index (χ1n) is 5.72. The first-order valence-corrected chi connectivity index (χ1v) is 6.51. The molecule has 0 unspecified atom stereocenters. The van der Waals surface area contributed by atoms with Crippen LogP contribution in [0.2, 0.25) is 0 Å². The fourth-order valence-corrected chi connectivity index (χ4v) is 1.93. The first kappa shape index (κ1) is 13.2. The van der Waals surface area contributed by atoms with E-state index in [9.17, 15) is 4.39 Å². The molecule has 0 amide bonds. The molecule has 0 aliphatic carbocycles. The van der Waals surface area contributed by atoms with Crippen LogP contribution in [0.3, 0.4) is 0 Å². The van der Waals surface area contributed by atoms with E-state index in [0.717, 1.165) is 17.0 Å². The molecule has 2 nitrogen and oxygen atoms in total. The SMILES string of the molecule is Cc1cccc(CNCc2ccc(Br)c(F)c2)n1. The van der Waals surface area contributed by atoms with Crippen molar-refractivity contribution in [3.05, 3.63) is 63.6 Å². The van der Waals surface area contributed by atoms with Crippen molar-refractivity contribution in [1.82, 2.24) is 10.3 Å². The maximum atomic E-state index is 13.3. The molecule has 1 aromatic carbocycles. The van der Waals surface area contributed by atoms with Crippen molar-refractivity contribution in [3.63, 3.8) is 0 Å². The number of benzene rings is 1. The molecule has 18 heavy (non-hydrogen) atoms. The van der Waals surface area contributed by atoms with Crippen LogP contribution in [0, 0.1) is 12.7 Å². The summed E-state index contributed by atoms with van der Waals surface area (Å²) in [5, 5.41) is 3.25. The highest BCUT2D eigenvalue weighted by molar-refractivity contribution is 9.10. The van der Waals surface area contributed by atoms with Crippen molar-refractivity contribution >= 4 is 15.9 Å². The molecular weight excluding hydrogens is 295 g/mol. The normalized spacial score (nSPS) is 10.6. The van der Waals surface area contributed by atoms with Crippen molar-refractivity contribution in [2.45, 2.75) is 20.0 Å². The first-order chi connectivity index (χ1) is 8.65. The van der Waals surface area contributed by atoms with Crippen molar-refractivity contribution in [1.29, 1.82) is 0 Å². The number of halogens is 2. The van der Waals surface area contributed by atoms with E-state index in [-0.39, 0.29) is 5.82 Å². The fraction of sp³-hybridized carbons (Fsp3) is 0.214. The Morgan fingerprint density at radius 2 is 2.06 bits per heavy atom. The number of pyridine rings is 1.